The molecule has 1 aromatic carbocycles. The number of pyridine rings is 1. The number of nitrogens with zero attached hydrogens (tertiary/aromatic N) is 3. The topological polar surface area (TPSA) is 64.1 Å². The number of rotatable bonds is 9. The first kappa shape index (κ1) is 20.9. The average Bonchev–Trinajstić information content (AvgIpc) is 2.78. The predicted octanol–water partition coefficient (Wildman–Crippen LogP) is 2.86. The Morgan fingerprint density at radius 1 is 1.03 bits per heavy atom. The van der Waals surface area contributed by atoms with E-state index in [4.69, 9.17) is 14.2 Å². The molecule has 29 heavy (non-hydrogen) atoms. The summed E-state index contributed by atoms with van der Waals surface area (Å²) in [6.07, 6.45) is 2.58. The molecule has 2 heterocycles. The number of ether oxygens (including phenoxy) is 3. The van der Waals surface area contributed by atoms with Gasteiger partial charge in [-0.3, -0.25) is 4.90 Å². The first-order valence-electron chi connectivity index (χ1n) is 10.1. The minimum absolute atomic E-state index is 0.326. The van der Waals surface area contributed by atoms with Gasteiger partial charge in [-0.1, -0.05) is 0 Å². The average molecular weight is 399 g/mol. The number of esters is 1. The van der Waals surface area contributed by atoms with Crippen molar-refractivity contribution in [2.24, 2.45) is 0 Å². The maximum absolute atomic E-state index is 11.7. The van der Waals surface area contributed by atoms with Crippen molar-refractivity contribution < 1.29 is 19.0 Å². The minimum atomic E-state index is -0.326. The van der Waals surface area contributed by atoms with E-state index in [9.17, 15) is 4.79 Å². The maximum Gasteiger partial charge on any atom is 0.339 e. The molecule has 0 unspecified atom stereocenters. The van der Waals surface area contributed by atoms with Crippen LogP contribution in [0.15, 0.2) is 42.6 Å². The predicted molar refractivity (Wildman–Crippen MR) is 112 cm³/mol. The fourth-order valence-corrected chi connectivity index (χ4v) is 3.26. The van der Waals surface area contributed by atoms with Crippen LogP contribution in [0, 0.1) is 0 Å². The first-order chi connectivity index (χ1) is 14.2. The van der Waals surface area contributed by atoms with Crippen molar-refractivity contribution in [1.29, 1.82) is 0 Å². The molecule has 0 atom stereocenters. The van der Waals surface area contributed by atoms with E-state index < -0.39 is 0 Å². The van der Waals surface area contributed by atoms with Crippen LogP contribution in [0.2, 0.25) is 0 Å². The molecular weight excluding hydrogens is 370 g/mol. The van der Waals surface area contributed by atoms with Gasteiger partial charge in [0.1, 0.15) is 17.3 Å². The molecule has 1 aliphatic rings. The van der Waals surface area contributed by atoms with Crippen LogP contribution in [0.5, 0.6) is 11.5 Å². The summed E-state index contributed by atoms with van der Waals surface area (Å²) in [5, 5.41) is 0. The lowest BCUT2D eigenvalue weighted by molar-refractivity contribution is 0.0526. The lowest BCUT2D eigenvalue weighted by Crippen LogP contribution is -2.47. The molecule has 2 aromatic rings. The largest absolute Gasteiger partial charge is 0.497 e. The molecule has 0 amide bonds. The molecule has 0 bridgehead atoms. The van der Waals surface area contributed by atoms with Gasteiger partial charge in [-0.25, -0.2) is 9.78 Å². The number of aromatic nitrogens is 1. The van der Waals surface area contributed by atoms with Gasteiger partial charge in [-0.15, -0.1) is 0 Å². The molecule has 7 nitrogen and oxygen atoms in total. The van der Waals surface area contributed by atoms with Crippen molar-refractivity contribution in [3.05, 3.63) is 48.2 Å². The third-order valence-electron chi connectivity index (χ3n) is 4.90. The zero-order valence-corrected chi connectivity index (χ0v) is 17.2. The third kappa shape index (κ3) is 6.09. The van der Waals surface area contributed by atoms with Gasteiger partial charge in [0.25, 0.3) is 0 Å². The third-order valence-corrected chi connectivity index (χ3v) is 4.90. The van der Waals surface area contributed by atoms with Gasteiger partial charge in [-0.05, 0) is 49.7 Å². The normalized spacial score (nSPS) is 14.5. The van der Waals surface area contributed by atoms with Crippen LogP contribution >= 0.6 is 0 Å². The standard InChI is InChI=1S/C22H29N3O4/c1-3-28-22(26)18-5-10-21(23-17-18)25-14-12-24(13-15-25)11-4-16-29-20-8-6-19(27-2)7-9-20/h5-10,17H,3-4,11-16H2,1-2H3. The molecule has 1 fully saturated rings. The van der Waals surface area contributed by atoms with Gasteiger partial charge >= 0.3 is 5.97 Å². The molecule has 1 aromatic heterocycles. The highest BCUT2D eigenvalue weighted by molar-refractivity contribution is 5.89. The van der Waals surface area contributed by atoms with Crippen LogP contribution in [0.25, 0.3) is 0 Å². The van der Waals surface area contributed by atoms with Crippen molar-refractivity contribution in [2.75, 3.05) is 57.9 Å². The van der Waals surface area contributed by atoms with Gasteiger partial charge in [0.15, 0.2) is 0 Å². The summed E-state index contributed by atoms with van der Waals surface area (Å²) in [6.45, 7) is 7.70. The second-order valence-electron chi connectivity index (χ2n) is 6.83. The van der Waals surface area contributed by atoms with Gasteiger partial charge in [0, 0.05) is 38.9 Å². The summed E-state index contributed by atoms with van der Waals surface area (Å²) in [5.74, 6) is 2.28. The summed E-state index contributed by atoms with van der Waals surface area (Å²) < 4.78 is 15.9. The minimum Gasteiger partial charge on any atom is -0.497 e. The Hall–Kier alpha value is -2.80. The summed E-state index contributed by atoms with van der Waals surface area (Å²) >= 11 is 0. The lowest BCUT2D eigenvalue weighted by atomic mass is 10.2. The number of hydrogen-bond acceptors (Lipinski definition) is 7. The highest BCUT2D eigenvalue weighted by Gasteiger charge is 2.18. The summed E-state index contributed by atoms with van der Waals surface area (Å²) in [6, 6.07) is 11.3. The van der Waals surface area contributed by atoms with Crippen LogP contribution in [0.3, 0.4) is 0 Å². The van der Waals surface area contributed by atoms with Crippen molar-refractivity contribution >= 4 is 11.8 Å². The molecule has 0 aliphatic carbocycles. The number of anilines is 1. The molecule has 1 saturated heterocycles. The molecule has 0 N–H and O–H groups in total. The maximum atomic E-state index is 11.7. The van der Waals surface area contributed by atoms with Crippen molar-refractivity contribution in [3.8, 4) is 11.5 Å². The van der Waals surface area contributed by atoms with Gasteiger partial charge in [0.05, 0.1) is 25.9 Å². The summed E-state index contributed by atoms with van der Waals surface area (Å²) in [5.41, 5.74) is 0.492. The Labute approximate surface area is 172 Å². The number of hydrogen-bond donors (Lipinski definition) is 0. The molecule has 0 spiro atoms. The van der Waals surface area contributed by atoms with Gasteiger partial charge < -0.3 is 19.1 Å². The van der Waals surface area contributed by atoms with E-state index >= 15 is 0 Å². The van der Waals surface area contributed by atoms with Crippen LogP contribution in [-0.2, 0) is 4.74 Å². The molecule has 156 valence electrons. The highest BCUT2D eigenvalue weighted by Crippen LogP contribution is 2.18. The Bertz CT molecular complexity index is 757. The molecular formula is C22H29N3O4. The summed E-state index contributed by atoms with van der Waals surface area (Å²) in [7, 11) is 1.66. The fourth-order valence-electron chi connectivity index (χ4n) is 3.26. The van der Waals surface area contributed by atoms with E-state index in [2.05, 4.69) is 14.8 Å². The monoisotopic (exact) mass is 399 g/mol. The van der Waals surface area contributed by atoms with Crippen molar-refractivity contribution in [2.45, 2.75) is 13.3 Å². The van der Waals surface area contributed by atoms with Crippen LogP contribution < -0.4 is 14.4 Å². The molecule has 1 aliphatic heterocycles. The first-order valence-corrected chi connectivity index (χ1v) is 10.1. The molecule has 0 saturated carbocycles. The molecule has 3 rings (SSSR count). The number of methoxy groups -OCH3 is 1. The van der Waals surface area contributed by atoms with Crippen LogP contribution in [0.4, 0.5) is 5.82 Å². The number of carbonyl (C=O) groups excluding carboxylic acids is 1. The Kier molecular flexibility index (Phi) is 7.69. The van der Waals surface area contributed by atoms with Crippen LogP contribution in [-0.4, -0.2) is 68.9 Å². The van der Waals surface area contributed by atoms with Crippen molar-refractivity contribution in [1.82, 2.24) is 9.88 Å². The Morgan fingerprint density at radius 3 is 2.38 bits per heavy atom. The van der Waals surface area contributed by atoms with Gasteiger partial charge in [0.2, 0.25) is 0 Å². The van der Waals surface area contributed by atoms with E-state index in [1.54, 1.807) is 26.3 Å². The summed E-state index contributed by atoms with van der Waals surface area (Å²) in [4.78, 5) is 20.8. The van der Waals surface area contributed by atoms with E-state index in [0.717, 1.165) is 56.5 Å². The Balaban J connectivity index is 1.36. The van der Waals surface area contributed by atoms with E-state index in [-0.39, 0.29) is 5.97 Å². The van der Waals surface area contributed by atoms with Crippen molar-refractivity contribution in [3.63, 3.8) is 0 Å². The second-order valence-corrected chi connectivity index (χ2v) is 6.83. The number of benzene rings is 1. The Morgan fingerprint density at radius 2 is 1.76 bits per heavy atom. The molecule has 7 heteroatoms. The van der Waals surface area contributed by atoms with E-state index in [1.165, 1.54) is 0 Å². The lowest BCUT2D eigenvalue weighted by Gasteiger charge is -2.35. The number of piperazine rings is 1. The van der Waals surface area contributed by atoms with E-state index in [1.807, 2.05) is 30.3 Å². The zero-order valence-electron chi connectivity index (χ0n) is 17.2. The smallest absolute Gasteiger partial charge is 0.339 e. The van der Waals surface area contributed by atoms with Crippen LogP contribution in [0.1, 0.15) is 23.7 Å². The highest BCUT2D eigenvalue weighted by atomic mass is 16.5. The SMILES string of the molecule is CCOC(=O)c1ccc(N2CCN(CCCOc3ccc(OC)cc3)CC2)nc1. The van der Waals surface area contributed by atoms with Gasteiger partial charge in [-0.2, -0.15) is 0 Å². The van der Waals surface area contributed by atoms with E-state index in [0.29, 0.717) is 18.8 Å². The number of carbonyl (C=O) groups is 1. The quantitative estimate of drug-likeness (QED) is 0.475. The fraction of sp³-hybridized carbons (Fsp3) is 0.455. The molecule has 0 radical (unpaired) electrons. The zero-order chi connectivity index (χ0) is 20.5. The second kappa shape index (κ2) is 10.7.